The quantitative estimate of drug-likeness (QED) is 0.555. The van der Waals surface area contributed by atoms with Crippen molar-refractivity contribution in [3.05, 3.63) is 65.8 Å². The number of para-hydroxylation sites is 2. The van der Waals surface area contributed by atoms with Crippen LogP contribution in [0.4, 0.5) is 5.69 Å². The maximum absolute atomic E-state index is 12.2. The number of rotatable bonds is 8. The van der Waals surface area contributed by atoms with E-state index in [2.05, 4.69) is 15.5 Å². The summed E-state index contributed by atoms with van der Waals surface area (Å²) in [5, 5.41) is 15.7. The molecule has 28 heavy (non-hydrogen) atoms. The number of carbonyl (C=O) groups excluding carboxylic acids is 1. The molecule has 0 radical (unpaired) electrons. The van der Waals surface area contributed by atoms with Gasteiger partial charge in [0.2, 0.25) is 11.8 Å². The Bertz CT molecular complexity index is 989. The fourth-order valence-electron chi connectivity index (χ4n) is 2.42. The van der Waals surface area contributed by atoms with Crippen LogP contribution in [-0.2, 0) is 17.0 Å². The number of aromatic nitrogens is 2. The molecule has 1 aromatic heterocycles. The second-order valence-electron chi connectivity index (χ2n) is 5.62. The molecule has 0 aliphatic carbocycles. The lowest BCUT2D eigenvalue weighted by atomic mass is 10.2. The number of amides is 1. The van der Waals surface area contributed by atoms with Crippen LogP contribution >= 0.6 is 11.8 Å². The van der Waals surface area contributed by atoms with Gasteiger partial charge < -0.3 is 19.7 Å². The fraction of sp³-hybridized carbons (Fsp3) is 0.158. The number of hydrogen-bond acceptors (Lipinski definition) is 7. The van der Waals surface area contributed by atoms with Crippen LogP contribution in [-0.4, -0.2) is 34.2 Å². The van der Waals surface area contributed by atoms with Crippen LogP contribution < -0.4 is 10.1 Å². The molecule has 8 nitrogen and oxygen atoms in total. The molecule has 0 spiro atoms. The van der Waals surface area contributed by atoms with Gasteiger partial charge in [-0.05, 0) is 24.3 Å². The van der Waals surface area contributed by atoms with Gasteiger partial charge >= 0.3 is 5.97 Å². The summed E-state index contributed by atoms with van der Waals surface area (Å²) < 4.78 is 10.3. The van der Waals surface area contributed by atoms with Crippen LogP contribution in [0.3, 0.4) is 0 Å². The molecule has 144 valence electrons. The highest BCUT2D eigenvalue weighted by Gasteiger charge is 2.15. The molecule has 0 aliphatic rings. The summed E-state index contributed by atoms with van der Waals surface area (Å²) in [6.07, 6.45) is -0.0576. The molecule has 0 atom stereocenters. The van der Waals surface area contributed by atoms with Crippen LogP contribution in [0.2, 0.25) is 0 Å². The zero-order valence-electron chi connectivity index (χ0n) is 14.9. The molecule has 0 unspecified atom stereocenters. The van der Waals surface area contributed by atoms with Gasteiger partial charge in [0.1, 0.15) is 5.75 Å². The summed E-state index contributed by atoms with van der Waals surface area (Å²) in [7, 11) is 1.52. The molecule has 0 bridgehead atoms. The van der Waals surface area contributed by atoms with Gasteiger partial charge in [-0.1, -0.05) is 29.4 Å². The maximum atomic E-state index is 12.2. The number of carboxylic acid groups (broad SMARTS) is 1. The largest absolute Gasteiger partial charge is 0.495 e. The van der Waals surface area contributed by atoms with Gasteiger partial charge in [-0.2, -0.15) is 4.98 Å². The molecule has 3 rings (SSSR count). The standard InChI is InChI=1S/C19H17N3O5S/c1-26-14-8-4-3-7-13(14)20-17(23)10-16-21-18(27-22-16)11-28-15-9-5-2-6-12(15)19(24)25/h2-9H,10-11H2,1H3,(H,20,23)(H,24,25). The van der Waals surface area contributed by atoms with E-state index in [1.807, 2.05) is 0 Å². The molecule has 2 aromatic carbocycles. The average molecular weight is 399 g/mol. The number of ether oxygens (including phenoxy) is 1. The summed E-state index contributed by atoms with van der Waals surface area (Å²) in [6, 6.07) is 13.7. The van der Waals surface area contributed by atoms with Gasteiger partial charge in [0.25, 0.3) is 0 Å². The first kappa shape index (κ1) is 19.4. The third-order valence-electron chi connectivity index (χ3n) is 3.68. The van der Waals surface area contributed by atoms with E-state index >= 15 is 0 Å². The summed E-state index contributed by atoms with van der Waals surface area (Å²) in [5.41, 5.74) is 0.767. The first-order valence-corrected chi connectivity index (χ1v) is 9.25. The summed E-state index contributed by atoms with van der Waals surface area (Å²) in [5.74, 6) is 0.104. The topological polar surface area (TPSA) is 115 Å². The monoisotopic (exact) mass is 399 g/mol. The molecule has 9 heteroatoms. The lowest BCUT2D eigenvalue weighted by Crippen LogP contribution is -2.15. The highest BCUT2D eigenvalue weighted by Crippen LogP contribution is 2.26. The second-order valence-corrected chi connectivity index (χ2v) is 6.64. The third-order valence-corrected chi connectivity index (χ3v) is 4.74. The van der Waals surface area contributed by atoms with Gasteiger partial charge in [0.15, 0.2) is 5.82 Å². The first-order valence-electron chi connectivity index (χ1n) is 8.26. The Labute approximate surface area is 164 Å². The summed E-state index contributed by atoms with van der Waals surface area (Å²) in [4.78, 5) is 28.2. The van der Waals surface area contributed by atoms with Crippen LogP contribution in [0.15, 0.2) is 57.9 Å². The number of thioether (sulfide) groups is 1. The van der Waals surface area contributed by atoms with Crippen molar-refractivity contribution in [1.82, 2.24) is 10.1 Å². The second kappa shape index (κ2) is 9.05. The highest BCUT2D eigenvalue weighted by molar-refractivity contribution is 7.98. The predicted molar refractivity (Wildman–Crippen MR) is 103 cm³/mol. The van der Waals surface area contributed by atoms with E-state index in [4.69, 9.17) is 9.26 Å². The third kappa shape index (κ3) is 4.89. The zero-order chi connectivity index (χ0) is 19.9. The zero-order valence-corrected chi connectivity index (χ0v) is 15.7. The number of anilines is 1. The van der Waals surface area contributed by atoms with Crippen LogP contribution in [0, 0.1) is 0 Å². The minimum atomic E-state index is -0.998. The number of benzene rings is 2. The molecular weight excluding hydrogens is 382 g/mol. The van der Waals surface area contributed by atoms with E-state index in [0.717, 1.165) is 0 Å². The molecule has 3 aromatic rings. The van der Waals surface area contributed by atoms with Crippen molar-refractivity contribution in [2.24, 2.45) is 0 Å². The average Bonchev–Trinajstić information content (AvgIpc) is 3.14. The number of aromatic carboxylic acids is 1. The molecule has 0 saturated carbocycles. The summed E-state index contributed by atoms with van der Waals surface area (Å²) >= 11 is 1.27. The van der Waals surface area contributed by atoms with Crippen molar-refractivity contribution in [3.63, 3.8) is 0 Å². The number of carboxylic acids is 1. The van der Waals surface area contributed by atoms with Crippen LogP contribution in [0.25, 0.3) is 0 Å². The van der Waals surface area contributed by atoms with Gasteiger partial charge in [0.05, 0.1) is 30.5 Å². The smallest absolute Gasteiger partial charge is 0.336 e. The Kier molecular flexibility index (Phi) is 6.28. The summed E-state index contributed by atoms with van der Waals surface area (Å²) in [6.45, 7) is 0. The molecular formula is C19H17N3O5S. The lowest BCUT2D eigenvalue weighted by Gasteiger charge is -2.08. The van der Waals surface area contributed by atoms with Gasteiger partial charge in [-0.15, -0.1) is 11.8 Å². The Morgan fingerprint density at radius 3 is 2.71 bits per heavy atom. The molecule has 2 N–H and O–H groups in total. The number of carbonyl (C=O) groups is 2. The van der Waals surface area contributed by atoms with E-state index < -0.39 is 5.97 Å². The van der Waals surface area contributed by atoms with Crippen LogP contribution in [0.1, 0.15) is 22.1 Å². The van der Waals surface area contributed by atoms with Gasteiger partial charge in [-0.3, -0.25) is 4.79 Å². The number of methoxy groups -OCH3 is 1. The lowest BCUT2D eigenvalue weighted by molar-refractivity contribution is -0.115. The van der Waals surface area contributed by atoms with Crippen molar-refractivity contribution in [3.8, 4) is 5.75 Å². The van der Waals surface area contributed by atoms with Crippen molar-refractivity contribution in [2.45, 2.75) is 17.1 Å². The van der Waals surface area contributed by atoms with Gasteiger partial charge in [-0.25, -0.2) is 4.79 Å². The van der Waals surface area contributed by atoms with Gasteiger partial charge in [0, 0.05) is 4.90 Å². The molecule has 1 amide bonds. The van der Waals surface area contributed by atoms with Crippen molar-refractivity contribution < 1.29 is 24.0 Å². The normalized spacial score (nSPS) is 10.5. The Morgan fingerprint density at radius 1 is 1.18 bits per heavy atom. The van der Waals surface area contributed by atoms with E-state index in [-0.39, 0.29) is 23.7 Å². The van der Waals surface area contributed by atoms with Crippen molar-refractivity contribution in [1.29, 1.82) is 0 Å². The number of nitrogens with one attached hydrogen (secondary N) is 1. The molecule has 0 saturated heterocycles. The minimum absolute atomic E-state index is 0.0576. The minimum Gasteiger partial charge on any atom is -0.495 e. The first-order chi connectivity index (χ1) is 13.6. The molecule has 0 aliphatic heterocycles. The Balaban J connectivity index is 1.58. The van der Waals surface area contributed by atoms with E-state index in [0.29, 0.717) is 28.0 Å². The van der Waals surface area contributed by atoms with E-state index in [9.17, 15) is 14.7 Å². The van der Waals surface area contributed by atoms with Crippen molar-refractivity contribution in [2.75, 3.05) is 12.4 Å². The Hall–Kier alpha value is -3.33. The van der Waals surface area contributed by atoms with E-state index in [1.54, 1.807) is 42.5 Å². The van der Waals surface area contributed by atoms with Crippen LogP contribution in [0.5, 0.6) is 5.75 Å². The maximum Gasteiger partial charge on any atom is 0.336 e. The molecule has 1 heterocycles. The predicted octanol–water partition coefficient (Wildman–Crippen LogP) is 3.25. The Morgan fingerprint density at radius 2 is 1.93 bits per heavy atom. The van der Waals surface area contributed by atoms with E-state index in [1.165, 1.54) is 24.9 Å². The fourth-order valence-corrected chi connectivity index (χ4v) is 3.30. The number of nitrogens with zero attached hydrogens (tertiary/aromatic N) is 2. The highest BCUT2D eigenvalue weighted by atomic mass is 32.2. The number of hydrogen-bond donors (Lipinski definition) is 2. The SMILES string of the molecule is COc1ccccc1NC(=O)Cc1noc(CSc2ccccc2C(=O)O)n1. The van der Waals surface area contributed by atoms with Crippen molar-refractivity contribution >= 4 is 29.3 Å². The molecule has 0 fully saturated rings.